The molecule has 2 aliphatic heterocycles. The van der Waals surface area contributed by atoms with Gasteiger partial charge in [0, 0.05) is 30.1 Å². The minimum Gasteiger partial charge on any atom is -0.487 e. The molecule has 0 aliphatic carbocycles. The molecule has 2 aliphatic rings. The van der Waals surface area contributed by atoms with E-state index in [1.165, 1.54) is 25.9 Å². The number of rotatable bonds is 6. The van der Waals surface area contributed by atoms with Crippen LogP contribution in [0.1, 0.15) is 41.7 Å². The summed E-state index contributed by atoms with van der Waals surface area (Å²) < 4.78 is 5.73. The molecular formula is C20H25N3O2S. The molecule has 0 bridgehead atoms. The summed E-state index contributed by atoms with van der Waals surface area (Å²) in [7, 11) is 0. The molecular weight excluding hydrogens is 346 g/mol. The Morgan fingerprint density at radius 3 is 2.69 bits per heavy atom. The van der Waals surface area contributed by atoms with Crippen molar-refractivity contribution in [1.29, 1.82) is 0 Å². The molecule has 26 heavy (non-hydrogen) atoms. The van der Waals surface area contributed by atoms with Crippen LogP contribution in [-0.4, -0.2) is 52.9 Å². The highest BCUT2D eigenvalue weighted by atomic mass is 32.1. The number of hydrogen-bond donors (Lipinski definition) is 0. The van der Waals surface area contributed by atoms with Crippen molar-refractivity contribution in [1.82, 2.24) is 14.8 Å². The van der Waals surface area contributed by atoms with E-state index < -0.39 is 0 Å². The monoisotopic (exact) mass is 371 g/mol. The lowest BCUT2D eigenvalue weighted by atomic mass is 10.1. The molecule has 0 N–H and O–H groups in total. The SMILES string of the molecule is O=C(c1ccc(OCc2cscn2)cc1)N1CCCC1CN1CCCC1. The van der Waals surface area contributed by atoms with Crippen molar-refractivity contribution < 1.29 is 9.53 Å². The zero-order chi connectivity index (χ0) is 17.8. The Morgan fingerprint density at radius 2 is 1.96 bits per heavy atom. The van der Waals surface area contributed by atoms with Gasteiger partial charge in [-0.3, -0.25) is 4.79 Å². The molecule has 2 fully saturated rings. The lowest BCUT2D eigenvalue weighted by Gasteiger charge is -2.28. The highest BCUT2D eigenvalue weighted by Crippen LogP contribution is 2.23. The predicted octanol–water partition coefficient (Wildman–Crippen LogP) is 3.42. The van der Waals surface area contributed by atoms with E-state index >= 15 is 0 Å². The number of benzene rings is 1. The molecule has 1 aromatic heterocycles. The van der Waals surface area contributed by atoms with Gasteiger partial charge >= 0.3 is 0 Å². The van der Waals surface area contributed by atoms with Crippen LogP contribution in [-0.2, 0) is 6.61 Å². The van der Waals surface area contributed by atoms with Gasteiger partial charge in [0.15, 0.2) is 0 Å². The molecule has 1 atom stereocenters. The molecule has 2 aromatic rings. The maximum atomic E-state index is 12.9. The van der Waals surface area contributed by atoms with Crippen LogP contribution in [0.15, 0.2) is 35.2 Å². The van der Waals surface area contributed by atoms with E-state index in [4.69, 9.17) is 4.74 Å². The van der Waals surface area contributed by atoms with Crippen LogP contribution in [0.2, 0.25) is 0 Å². The molecule has 1 aromatic carbocycles. The fourth-order valence-corrected chi connectivity index (χ4v) is 4.42. The van der Waals surface area contributed by atoms with Gasteiger partial charge in [0.2, 0.25) is 0 Å². The van der Waals surface area contributed by atoms with Crippen molar-refractivity contribution in [3.8, 4) is 5.75 Å². The van der Waals surface area contributed by atoms with Crippen LogP contribution in [0.4, 0.5) is 0 Å². The summed E-state index contributed by atoms with van der Waals surface area (Å²) in [5.74, 6) is 0.919. The van der Waals surface area contributed by atoms with Gasteiger partial charge < -0.3 is 14.5 Å². The summed E-state index contributed by atoms with van der Waals surface area (Å²) in [6, 6.07) is 7.88. The number of hydrogen-bond acceptors (Lipinski definition) is 5. The molecule has 0 spiro atoms. The number of likely N-dealkylation sites (tertiary alicyclic amines) is 2. The molecule has 5 nitrogen and oxygen atoms in total. The van der Waals surface area contributed by atoms with Crippen molar-refractivity contribution in [2.24, 2.45) is 0 Å². The van der Waals surface area contributed by atoms with Crippen LogP contribution in [0.5, 0.6) is 5.75 Å². The summed E-state index contributed by atoms with van der Waals surface area (Å²) in [6.07, 6.45) is 4.82. The number of aromatic nitrogens is 1. The maximum absolute atomic E-state index is 12.9. The predicted molar refractivity (Wildman–Crippen MR) is 103 cm³/mol. The summed E-state index contributed by atoms with van der Waals surface area (Å²) >= 11 is 1.56. The summed E-state index contributed by atoms with van der Waals surface area (Å²) in [6.45, 7) is 4.73. The lowest BCUT2D eigenvalue weighted by molar-refractivity contribution is 0.0708. The number of carbonyl (C=O) groups is 1. The molecule has 1 unspecified atom stereocenters. The first-order chi connectivity index (χ1) is 12.8. The second-order valence-electron chi connectivity index (χ2n) is 7.10. The van der Waals surface area contributed by atoms with E-state index in [1.54, 1.807) is 16.8 Å². The van der Waals surface area contributed by atoms with Crippen molar-refractivity contribution in [2.45, 2.75) is 38.3 Å². The first-order valence-electron chi connectivity index (χ1n) is 9.43. The minimum absolute atomic E-state index is 0.151. The van der Waals surface area contributed by atoms with E-state index in [1.807, 2.05) is 29.6 Å². The van der Waals surface area contributed by atoms with Gasteiger partial charge in [0.25, 0.3) is 5.91 Å². The normalized spacial score (nSPS) is 20.6. The van der Waals surface area contributed by atoms with Gasteiger partial charge in [-0.05, 0) is 63.0 Å². The minimum atomic E-state index is 0.151. The zero-order valence-electron chi connectivity index (χ0n) is 15.0. The quantitative estimate of drug-likeness (QED) is 0.781. The average Bonchev–Trinajstić information content (AvgIpc) is 3.43. The zero-order valence-corrected chi connectivity index (χ0v) is 15.8. The molecule has 6 heteroatoms. The van der Waals surface area contributed by atoms with Crippen molar-refractivity contribution in [3.05, 3.63) is 46.4 Å². The Bertz CT molecular complexity index is 711. The highest BCUT2D eigenvalue weighted by Gasteiger charge is 2.31. The molecule has 4 rings (SSSR count). The Morgan fingerprint density at radius 1 is 1.15 bits per heavy atom. The fourth-order valence-electron chi connectivity index (χ4n) is 3.88. The third-order valence-electron chi connectivity index (χ3n) is 5.28. The standard InChI is InChI=1S/C20H25N3O2S/c24-20(23-11-3-4-18(23)12-22-9-1-2-10-22)16-5-7-19(8-6-16)25-13-17-14-26-15-21-17/h5-8,14-15,18H,1-4,9-13H2. The average molecular weight is 372 g/mol. The van der Waals surface area contributed by atoms with Crippen LogP contribution < -0.4 is 4.74 Å². The molecule has 0 saturated carbocycles. The molecule has 1 amide bonds. The van der Waals surface area contributed by atoms with E-state index in [0.29, 0.717) is 12.6 Å². The molecule has 0 radical (unpaired) electrons. The number of nitrogens with zero attached hydrogens (tertiary/aromatic N) is 3. The van der Waals surface area contributed by atoms with Crippen LogP contribution >= 0.6 is 11.3 Å². The van der Waals surface area contributed by atoms with Gasteiger partial charge in [-0.2, -0.15) is 0 Å². The third-order valence-corrected chi connectivity index (χ3v) is 5.91. The van der Waals surface area contributed by atoms with Crippen LogP contribution in [0.3, 0.4) is 0 Å². The van der Waals surface area contributed by atoms with Gasteiger partial charge in [-0.1, -0.05) is 0 Å². The summed E-state index contributed by atoms with van der Waals surface area (Å²) in [5.41, 5.74) is 3.48. The number of carbonyl (C=O) groups excluding carboxylic acids is 1. The number of amides is 1. The van der Waals surface area contributed by atoms with Gasteiger partial charge in [-0.25, -0.2) is 4.98 Å². The largest absolute Gasteiger partial charge is 0.487 e. The Kier molecular flexibility index (Phi) is 5.51. The van der Waals surface area contributed by atoms with E-state index in [0.717, 1.165) is 42.9 Å². The van der Waals surface area contributed by atoms with Crippen molar-refractivity contribution in [2.75, 3.05) is 26.2 Å². The Hall–Kier alpha value is -1.92. The maximum Gasteiger partial charge on any atom is 0.254 e. The molecule has 2 saturated heterocycles. The van der Waals surface area contributed by atoms with E-state index in [9.17, 15) is 4.79 Å². The highest BCUT2D eigenvalue weighted by molar-refractivity contribution is 7.07. The van der Waals surface area contributed by atoms with Crippen LogP contribution in [0, 0.1) is 0 Å². The number of ether oxygens (including phenoxy) is 1. The Balaban J connectivity index is 1.35. The molecule has 3 heterocycles. The van der Waals surface area contributed by atoms with Crippen LogP contribution in [0.25, 0.3) is 0 Å². The summed E-state index contributed by atoms with van der Waals surface area (Å²) in [4.78, 5) is 21.7. The fraction of sp³-hybridized carbons (Fsp3) is 0.500. The third kappa shape index (κ3) is 4.07. The second-order valence-corrected chi connectivity index (χ2v) is 7.81. The smallest absolute Gasteiger partial charge is 0.254 e. The molecule has 138 valence electrons. The van der Waals surface area contributed by atoms with E-state index in [-0.39, 0.29) is 5.91 Å². The van der Waals surface area contributed by atoms with E-state index in [2.05, 4.69) is 14.8 Å². The first kappa shape index (κ1) is 17.5. The summed E-state index contributed by atoms with van der Waals surface area (Å²) in [5, 5.41) is 1.98. The topological polar surface area (TPSA) is 45.7 Å². The van der Waals surface area contributed by atoms with Gasteiger partial charge in [-0.15, -0.1) is 11.3 Å². The number of thiazole rings is 1. The lowest BCUT2D eigenvalue weighted by Crippen LogP contribution is -2.42. The van der Waals surface area contributed by atoms with Gasteiger partial charge in [0.05, 0.1) is 11.2 Å². The second kappa shape index (κ2) is 8.18. The Labute approximate surface area is 158 Å². The van der Waals surface area contributed by atoms with Crippen molar-refractivity contribution >= 4 is 17.2 Å². The first-order valence-corrected chi connectivity index (χ1v) is 10.4. The van der Waals surface area contributed by atoms with Crippen molar-refractivity contribution in [3.63, 3.8) is 0 Å². The van der Waals surface area contributed by atoms with Gasteiger partial charge in [0.1, 0.15) is 12.4 Å².